The molecule has 1 N–H and O–H groups in total. The molecule has 4 heteroatoms. The molecule has 0 aromatic heterocycles. The number of hydrogen-bond acceptors (Lipinski definition) is 3. The summed E-state index contributed by atoms with van der Waals surface area (Å²) < 4.78 is 12.2. The van der Waals surface area contributed by atoms with Gasteiger partial charge >= 0.3 is 0 Å². The molecule has 3 nitrogen and oxygen atoms in total. The molecule has 0 amide bonds. The lowest BCUT2D eigenvalue weighted by molar-refractivity contribution is 0.0782. The maximum Gasteiger partial charge on any atom is 0.120 e. The molecule has 1 heterocycles. The Balaban J connectivity index is 2.26. The topological polar surface area (TPSA) is 30.5 Å². The van der Waals surface area contributed by atoms with E-state index < -0.39 is 0 Å². The number of halogens is 1. The zero-order valence-corrected chi connectivity index (χ0v) is 13.4. The number of nitrogens with one attached hydrogen (secondary N) is 1. The van der Waals surface area contributed by atoms with E-state index in [-0.39, 0.29) is 0 Å². The molecule has 0 spiro atoms. The molecule has 0 bridgehead atoms. The van der Waals surface area contributed by atoms with E-state index >= 15 is 0 Å². The molecular formula is C15H22BrNO2. The second-order valence-corrected chi connectivity index (χ2v) is 5.78. The number of rotatable bonds is 5. The molecule has 1 aliphatic rings. The highest BCUT2D eigenvalue weighted by atomic mass is 79.9. The molecule has 3 unspecified atom stereocenters. The summed E-state index contributed by atoms with van der Waals surface area (Å²) in [7, 11) is 3.71. The van der Waals surface area contributed by atoms with Crippen LogP contribution in [0.2, 0.25) is 0 Å². The SMILES string of the molecule is CCC1OCCC1C(NC)c1ccc(OC)cc1Br. The van der Waals surface area contributed by atoms with Gasteiger partial charge in [0.05, 0.1) is 13.2 Å². The van der Waals surface area contributed by atoms with E-state index in [1.807, 2.05) is 19.2 Å². The summed E-state index contributed by atoms with van der Waals surface area (Å²) in [5.41, 5.74) is 1.28. The summed E-state index contributed by atoms with van der Waals surface area (Å²) in [6.07, 6.45) is 2.53. The molecule has 19 heavy (non-hydrogen) atoms. The van der Waals surface area contributed by atoms with E-state index in [1.54, 1.807) is 7.11 Å². The van der Waals surface area contributed by atoms with Crippen molar-refractivity contribution in [2.24, 2.45) is 5.92 Å². The van der Waals surface area contributed by atoms with Crippen molar-refractivity contribution in [1.29, 1.82) is 0 Å². The standard InChI is InChI=1S/C15H22BrNO2/c1-4-14-12(7-8-19-14)15(17-2)11-6-5-10(18-3)9-13(11)16/h5-6,9,12,14-15,17H,4,7-8H2,1-3H3. The molecule has 1 saturated heterocycles. The van der Waals surface area contributed by atoms with Crippen molar-refractivity contribution in [2.75, 3.05) is 20.8 Å². The van der Waals surface area contributed by atoms with E-state index in [1.165, 1.54) is 5.56 Å². The van der Waals surface area contributed by atoms with Crippen molar-refractivity contribution in [3.63, 3.8) is 0 Å². The van der Waals surface area contributed by atoms with E-state index in [2.05, 4.69) is 34.2 Å². The molecule has 0 saturated carbocycles. The minimum atomic E-state index is 0.313. The van der Waals surface area contributed by atoms with Crippen molar-refractivity contribution in [3.8, 4) is 5.75 Å². The van der Waals surface area contributed by atoms with Gasteiger partial charge in [-0.15, -0.1) is 0 Å². The maximum absolute atomic E-state index is 5.82. The first-order valence-electron chi connectivity index (χ1n) is 6.83. The molecule has 3 atom stereocenters. The van der Waals surface area contributed by atoms with Crippen LogP contribution < -0.4 is 10.1 Å². The van der Waals surface area contributed by atoms with Crippen LogP contribution in [0, 0.1) is 5.92 Å². The minimum absolute atomic E-state index is 0.313. The van der Waals surface area contributed by atoms with Gasteiger partial charge in [-0.05, 0) is 37.6 Å². The predicted molar refractivity (Wildman–Crippen MR) is 80.6 cm³/mol. The van der Waals surface area contributed by atoms with Crippen molar-refractivity contribution in [1.82, 2.24) is 5.32 Å². The van der Waals surface area contributed by atoms with E-state index in [0.29, 0.717) is 18.1 Å². The van der Waals surface area contributed by atoms with Crippen LogP contribution in [0.5, 0.6) is 5.75 Å². The maximum atomic E-state index is 5.82. The zero-order chi connectivity index (χ0) is 13.8. The molecule has 1 aliphatic heterocycles. The van der Waals surface area contributed by atoms with Gasteiger partial charge in [0, 0.05) is 23.0 Å². The third-order valence-corrected chi connectivity index (χ3v) is 4.63. The fourth-order valence-corrected chi connectivity index (χ4v) is 3.56. The predicted octanol–water partition coefficient (Wildman–Crippen LogP) is 3.53. The summed E-state index contributed by atoms with van der Waals surface area (Å²) in [4.78, 5) is 0. The third-order valence-electron chi connectivity index (χ3n) is 3.94. The summed E-state index contributed by atoms with van der Waals surface area (Å²) in [6, 6.07) is 6.49. The fraction of sp³-hybridized carbons (Fsp3) is 0.600. The molecule has 106 valence electrons. The quantitative estimate of drug-likeness (QED) is 0.897. The largest absolute Gasteiger partial charge is 0.497 e. The average molecular weight is 328 g/mol. The van der Waals surface area contributed by atoms with Crippen LogP contribution in [0.15, 0.2) is 22.7 Å². The normalized spacial score (nSPS) is 24.4. The first kappa shape index (κ1) is 14.8. The number of hydrogen-bond donors (Lipinski definition) is 1. The van der Waals surface area contributed by atoms with Gasteiger partial charge in [0.25, 0.3) is 0 Å². The second-order valence-electron chi connectivity index (χ2n) is 4.92. The van der Waals surface area contributed by atoms with E-state index in [0.717, 1.165) is 29.7 Å². The van der Waals surface area contributed by atoms with Gasteiger partial charge in [-0.1, -0.05) is 28.9 Å². The average Bonchev–Trinajstić information content (AvgIpc) is 2.89. The Labute approximate surface area is 123 Å². The van der Waals surface area contributed by atoms with Crippen LogP contribution in [-0.2, 0) is 4.74 Å². The molecule has 2 rings (SSSR count). The number of benzene rings is 1. The monoisotopic (exact) mass is 327 g/mol. The second kappa shape index (κ2) is 6.73. The van der Waals surface area contributed by atoms with Crippen molar-refractivity contribution >= 4 is 15.9 Å². The minimum Gasteiger partial charge on any atom is -0.497 e. The Morgan fingerprint density at radius 3 is 2.89 bits per heavy atom. The van der Waals surface area contributed by atoms with Gasteiger partial charge in [-0.2, -0.15) is 0 Å². The molecule has 0 radical (unpaired) electrons. The summed E-state index contributed by atoms with van der Waals surface area (Å²) in [6.45, 7) is 3.06. The lowest BCUT2D eigenvalue weighted by atomic mass is 9.87. The van der Waals surface area contributed by atoms with Crippen LogP contribution in [-0.4, -0.2) is 26.9 Å². The fourth-order valence-electron chi connectivity index (χ4n) is 2.95. The summed E-state index contributed by atoms with van der Waals surface area (Å²) in [5.74, 6) is 1.40. The Kier molecular flexibility index (Phi) is 5.25. The Hall–Kier alpha value is -0.580. The highest BCUT2D eigenvalue weighted by molar-refractivity contribution is 9.10. The Bertz CT molecular complexity index is 425. The van der Waals surface area contributed by atoms with E-state index in [9.17, 15) is 0 Å². The van der Waals surface area contributed by atoms with Crippen molar-refractivity contribution in [2.45, 2.75) is 31.9 Å². The van der Waals surface area contributed by atoms with Gasteiger partial charge < -0.3 is 14.8 Å². The summed E-state index contributed by atoms with van der Waals surface area (Å²) >= 11 is 3.66. The zero-order valence-electron chi connectivity index (χ0n) is 11.8. The lowest BCUT2D eigenvalue weighted by Gasteiger charge is -2.28. The number of methoxy groups -OCH3 is 1. The highest BCUT2D eigenvalue weighted by Crippen LogP contribution is 2.38. The van der Waals surface area contributed by atoms with Crippen molar-refractivity contribution in [3.05, 3.63) is 28.2 Å². The first-order chi connectivity index (χ1) is 9.21. The molecule has 1 aromatic carbocycles. The lowest BCUT2D eigenvalue weighted by Crippen LogP contribution is -2.30. The van der Waals surface area contributed by atoms with Crippen LogP contribution in [0.1, 0.15) is 31.4 Å². The third kappa shape index (κ3) is 3.12. The van der Waals surface area contributed by atoms with Crippen molar-refractivity contribution < 1.29 is 9.47 Å². The first-order valence-corrected chi connectivity index (χ1v) is 7.62. The Morgan fingerprint density at radius 2 is 2.32 bits per heavy atom. The van der Waals surface area contributed by atoms with E-state index in [4.69, 9.17) is 9.47 Å². The molecule has 0 aliphatic carbocycles. The smallest absolute Gasteiger partial charge is 0.120 e. The van der Waals surface area contributed by atoms with Crippen LogP contribution in [0.3, 0.4) is 0 Å². The van der Waals surface area contributed by atoms with Crippen LogP contribution >= 0.6 is 15.9 Å². The van der Waals surface area contributed by atoms with Gasteiger partial charge in [0.1, 0.15) is 5.75 Å². The molecule has 1 aromatic rings. The molecular weight excluding hydrogens is 306 g/mol. The summed E-state index contributed by atoms with van der Waals surface area (Å²) in [5, 5.41) is 3.45. The van der Waals surface area contributed by atoms with Gasteiger partial charge in [-0.3, -0.25) is 0 Å². The Morgan fingerprint density at radius 1 is 1.53 bits per heavy atom. The van der Waals surface area contributed by atoms with Crippen LogP contribution in [0.4, 0.5) is 0 Å². The molecule has 1 fully saturated rings. The van der Waals surface area contributed by atoms with Gasteiger partial charge in [-0.25, -0.2) is 0 Å². The highest BCUT2D eigenvalue weighted by Gasteiger charge is 2.34. The van der Waals surface area contributed by atoms with Crippen LogP contribution in [0.25, 0.3) is 0 Å². The van der Waals surface area contributed by atoms with Gasteiger partial charge in [0.2, 0.25) is 0 Å². The number of ether oxygens (including phenoxy) is 2. The van der Waals surface area contributed by atoms with Gasteiger partial charge in [0.15, 0.2) is 0 Å².